The summed E-state index contributed by atoms with van der Waals surface area (Å²) in [7, 11) is 0. The van der Waals surface area contributed by atoms with Crippen LogP contribution in [0.1, 0.15) is 44.7 Å². The van der Waals surface area contributed by atoms with Crippen molar-refractivity contribution in [2.75, 3.05) is 0 Å². The van der Waals surface area contributed by atoms with Crippen molar-refractivity contribution in [1.29, 1.82) is 0 Å². The second kappa shape index (κ2) is 5.54. The van der Waals surface area contributed by atoms with Crippen LogP contribution < -0.4 is 5.32 Å². The first-order valence-electron chi connectivity index (χ1n) is 5.95. The van der Waals surface area contributed by atoms with Gasteiger partial charge in [0.05, 0.1) is 6.04 Å². The summed E-state index contributed by atoms with van der Waals surface area (Å²) in [6.07, 6.45) is 1.85. The molecule has 0 aliphatic carbocycles. The third kappa shape index (κ3) is 3.21. The van der Waals surface area contributed by atoms with E-state index in [0.717, 1.165) is 10.6 Å². The molecule has 6 heteroatoms. The summed E-state index contributed by atoms with van der Waals surface area (Å²) in [6.45, 7) is 6.38. The van der Waals surface area contributed by atoms with Crippen molar-refractivity contribution < 1.29 is 14.3 Å². The molecule has 0 spiro atoms. The van der Waals surface area contributed by atoms with Gasteiger partial charge in [-0.25, -0.2) is 9.78 Å². The lowest BCUT2D eigenvalue weighted by Gasteiger charge is -2.10. The molecule has 2 rings (SSSR count). The van der Waals surface area contributed by atoms with E-state index in [-0.39, 0.29) is 11.8 Å². The summed E-state index contributed by atoms with van der Waals surface area (Å²) >= 11 is 1.65. The second-order valence-electron chi connectivity index (χ2n) is 4.41. The number of furan rings is 1. The molecule has 102 valence electrons. The van der Waals surface area contributed by atoms with Crippen LogP contribution in [-0.4, -0.2) is 16.1 Å². The van der Waals surface area contributed by atoms with Crippen LogP contribution in [0.5, 0.6) is 0 Å². The van der Waals surface area contributed by atoms with Crippen molar-refractivity contribution in [3.8, 4) is 0 Å². The van der Waals surface area contributed by atoms with Gasteiger partial charge in [-0.3, -0.25) is 0 Å². The van der Waals surface area contributed by atoms with E-state index in [1.54, 1.807) is 24.3 Å². The third-order valence-electron chi connectivity index (χ3n) is 2.84. The highest BCUT2D eigenvalue weighted by molar-refractivity contribution is 7.11. The van der Waals surface area contributed by atoms with E-state index in [1.807, 2.05) is 20.0 Å². The molecule has 2 heterocycles. The average molecular weight is 280 g/mol. The minimum atomic E-state index is -1.04. The van der Waals surface area contributed by atoms with Gasteiger partial charge in [-0.15, -0.1) is 11.3 Å². The summed E-state index contributed by atoms with van der Waals surface area (Å²) in [5.41, 5.74) is 0.859. The number of carboxylic acid groups (broad SMARTS) is 1. The fraction of sp³-hybridized carbons (Fsp3) is 0.385. The van der Waals surface area contributed by atoms with Crippen molar-refractivity contribution >= 4 is 17.3 Å². The van der Waals surface area contributed by atoms with Crippen LogP contribution in [0.4, 0.5) is 0 Å². The lowest BCUT2D eigenvalue weighted by molar-refractivity contribution is 0.0661. The molecule has 2 aromatic heterocycles. The van der Waals surface area contributed by atoms with Crippen LogP contribution in [-0.2, 0) is 6.54 Å². The zero-order valence-electron chi connectivity index (χ0n) is 11.1. The van der Waals surface area contributed by atoms with Crippen molar-refractivity contribution in [3.05, 3.63) is 39.2 Å². The molecule has 0 saturated carbocycles. The molecular weight excluding hydrogens is 264 g/mol. The number of carboxylic acids is 1. The van der Waals surface area contributed by atoms with Gasteiger partial charge in [-0.05, 0) is 26.8 Å². The first-order chi connectivity index (χ1) is 8.97. The molecule has 0 saturated heterocycles. The van der Waals surface area contributed by atoms with Crippen molar-refractivity contribution in [1.82, 2.24) is 10.3 Å². The van der Waals surface area contributed by atoms with Gasteiger partial charge < -0.3 is 14.8 Å². The smallest absolute Gasteiger partial charge is 0.371 e. The Morgan fingerprint density at radius 1 is 1.58 bits per heavy atom. The van der Waals surface area contributed by atoms with Gasteiger partial charge in [0.25, 0.3) is 0 Å². The number of rotatable bonds is 5. The number of nitrogens with zero attached hydrogens (tertiary/aromatic N) is 1. The molecular formula is C13H16N2O3S. The Kier molecular flexibility index (Phi) is 4.01. The van der Waals surface area contributed by atoms with Gasteiger partial charge in [0.2, 0.25) is 5.76 Å². The Labute approximate surface area is 115 Å². The number of carbonyl (C=O) groups is 1. The maximum atomic E-state index is 10.8. The van der Waals surface area contributed by atoms with E-state index in [9.17, 15) is 4.79 Å². The second-order valence-corrected chi connectivity index (χ2v) is 5.68. The van der Waals surface area contributed by atoms with Gasteiger partial charge in [-0.1, -0.05) is 0 Å². The first kappa shape index (κ1) is 13.8. The molecule has 1 atom stereocenters. The van der Waals surface area contributed by atoms with E-state index in [0.29, 0.717) is 12.3 Å². The Hall–Kier alpha value is -1.66. The number of thiazole rings is 1. The summed E-state index contributed by atoms with van der Waals surface area (Å²) in [6, 6.07) is 1.69. The fourth-order valence-corrected chi connectivity index (χ4v) is 2.52. The predicted molar refractivity (Wildman–Crippen MR) is 72.5 cm³/mol. The number of nitrogens with one attached hydrogen (secondary N) is 1. The van der Waals surface area contributed by atoms with Gasteiger partial charge in [0.1, 0.15) is 10.8 Å². The highest BCUT2D eigenvalue weighted by Crippen LogP contribution is 2.20. The van der Waals surface area contributed by atoms with Gasteiger partial charge in [-0.2, -0.15) is 0 Å². The van der Waals surface area contributed by atoms with Crippen molar-refractivity contribution in [3.63, 3.8) is 0 Å². The summed E-state index contributed by atoms with van der Waals surface area (Å²) in [4.78, 5) is 16.3. The summed E-state index contributed by atoms with van der Waals surface area (Å²) in [5.74, 6) is -0.433. The molecule has 0 aliphatic rings. The maximum Gasteiger partial charge on any atom is 0.371 e. The number of aromatic nitrogens is 1. The minimum Gasteiger partial charge on any atom is -0.475 e. The normalized spacial score (nSPS) is 12.6. The van der Waals surface area contributed by atoms with Gasteiger partial charge in [0, 0.05) is 23.2 Å². The number of hydrogen-bond donors (Lipinski definition) is 2. The molecule has 0 aliphatic heterocycles. The van der Waals surface area contributed by atoms with Crippen LogP contribution in [0.15, 0.2) is 16.7 Å². The molecule has 0 amide bonds. The van der Waals surface area contributed by atoms with E-state index in [2.05, 4.69) is 10.3 Å². The lowest BCUT2D eigenvalue weighted by atomic mass is 10.2. The van der Waals surface area contributed by atoms with Crippen LogP contribution in [0, 0.1) is 13.8 Å². The monoisotopic (exact) mass is 280 g/mol. The van der Waals surface area contributed by atoms with Crippen LogP contribution in [0.2, 0.25) is 0 Å². The Morgan fingerprint density at radius 3 is 2.84 bits per heavy atom. The van der Waals surface area contributed by atoms with Crippen LogP contribution >= 0.6 is 11.3 Å². The molecule has 2 aromatic rings. The predicted octanol–water partition coefficient (Wildman–Crippen LogP) is 2.90. The number of hydrogen-bond acceptors (Lipinski definition) is 5. The molecule has 19 heavy (non-hydrogen) atoms. The van der Waals surface area contributed by atoms with Crippen LogP contribution in [0.25, 0.3) is 0 Å². The maximum absolute atomic E-state index is 10.8. The van der Waals surface area contributed by atoms with E-state index >= 15 is 0 Å². The topological polar surface area (TPSA) is 75.4 Å². The molecule has 0 radical (unpaired) electrons. The van der Waals surface area contributed by atoms with Gasteiger partial charge >= 0.3 is 5.97 Å². The zero-order valence-corrected chi connectivity index (χ0v) is 11.9. The van der Waals surface area contributed by atoms with Crippen molar-refractivity contribution in [2.24, 2.45) is 0 Å². The summed E-state index contributed by atoms with van der Waals surface area (Å²) in [5, 5.41) is 13.2. The Morgan fingerprint density at radius 2 is 2.32 bits per heavy atom. The number of aromatic carboxylic acids is 1. The molecule has 0 aromatic carbocycles. The Bertz CT molecular complexity index is 588. The molecule has 5 nitrogen and oxygen atoms in total. The minimum absolute atomic E-state index is 0.0213. The SMILES string of the molecule is Cc1cnc(C(C)NCc2cc(C(=O)O)oc2C)s1. The quantitative estimate of drug-likeness (QED) is 0.880. The number of aryl methyl sites for hydroxylation is 2. The third-order valence-corrected chi connectivity index (χ3v) is 3.94. The fourth-order valence-electron chi connectivity index (χ4n) is 1.72. The lowest BCUT2D eigenvalue weighted by Crippen LogP contribution is -2.18. The van der Waals surface area contributed by atoms with E-state index in [4.69, 9.17) is 9.52 Å². The molecule has 0 fully saturated rings. The largest absolute Gasteiger partial charge is 0.475 e. The average Bonchev–Trinajstić information content (AvgIpc) is 2.93. The summed E-state index contributed by atoms with van der Waals surface area (Å²) < 4.78 is 5.17. The Balaban J connectivity index is 2.00. The van der Waals surface area contributed by atoms with E-state index in [1.165, 1.54) is 4.88 Å². The highest BCUT2D eigenvalue weighted by Gasteiger charge is 2.14. The first-order valence-corrected chi connectivity index (χ1v) is 6.77. The van der Waals surface area contributed by atoms with Crippen molar-refractivity contribution in [2.45, 2.75) is 33.4 Å². The zero-order chi connectivity index (χ0) is 14.0. The standard InChI is InChI=1S/C13H16N2O3S/c1-7-5-15-12(19-7)8(2)14-6-10-4-11(13(16)17)18-9(10)3/h4-5,8,14H,6H2,1-3H3,(H,16,17). The van der Waals surface area contributed by atoms with E-state index < -0.39 is 5.97 Å². The molecule has 1 unspecified atom stereocenters. The molecule has 2 N–H and O–H groups in total. The molecule has 0 bridgehead atoms. The highest BCUT2D eigenvalue weighted by atomic mass is 32.1. The van der Waals surface area contributed by atoms with Gasteiger partial charge in [0.15, 0.2) is 0 Å². The van der Waals surface area contributed by atoms with Crippen LogP contribution in [0.3, 0.4) is 0 Å².